The predicted octanol–water partition coefficient (Wildman–Crippen LogP) is 4.53. The number of ketones is 1. The highest BCUT2D eigenvalue weighted by molar-refractivity contribution is 14.1. The summed E-state index contributed by atoms with van der Waals surface area (Å²) in [6.45, 7) is 3.65. The highest BCUT2D eigenvalue weighted by Gasteiger charge is 1.96. The van der Waals surface area contributed by atoms with Crippen LogP contribution < -0.4 is 0 Å². The van der Waals surface area contributed by atoms with Gasteiger partial charge < -0.3 is 0 Å². The fourth-order valence-corrected chi connectivity index (χ4v) is 1.77. The molecule has 0 atom stereocenters. The largest absolute Gasteiger partial charge is 0.295 e. The molecule has 0 unspecified atom stereocenters. The van der Waals surface area contributed by atoms with Crippen LogP contribution in [0.3, 0.4) is 0 Å². The van der Waals surface area contributed by atoms with E-state index >= 15 is 0 Å². The lowest BCUT2D eigenvalue weighted by Gasteiger charge is -1.95. The average Bonchev–Trinajstić information content (AvgIpc) is 2.37. The van der Waals surface area contributed by atoms with Crippen LogP contribution in [0, 0.1) is 11.8 Å². The van der Waals surface area contributed by atoms with Gasteiger partial charge in [-0.05, 0) is 35.6 Å². The number of allylic oxidation sites excluding steroid dienone is 3. The quantitative estimate of drug-likeness (QED) is 0.339. The molecular weight excluding hydrogens is 335 g/mol. The molecular formula is C16H15IO. The van der Waals surface area contributed by atoms with Gasteiger partial charge in [-0.25, -0.2) is 0 Å². The number of hydrogen-bond donors (Lipinski definition) is 0. The summed E-state index contributed by atoms with van der Waals surface area (Å²) in [5.74, 6) is 6.30. The van der Waals surface area contributed by atoms with Gasteiger partial charge in [-0.1, -0.05) is 59.6 Å². The van der Waals surface area contributed by atoms with Gasteiger partial charge in [0.25, 0.3) is 0 Å². The molecule has 0 saturated carbocycles. The molecule has 0 radical (unpaired) electrons. The van der Waals surface area contributed by atoms with E-state index < -0.39 is 0 Å². The minimum absolute atomic E-state index is 0.0777. The average molecular weight is 350 g/mol. The number of carbonyl (C=O) groups is 1. The van der Waals surface area contributed by atoms with Crippen LogP contribution in [0.15, 0.2) is 46.1 Å². The lowest BCUT2D eigenvalue weighted by Crippen LogP contribution is -1.90. The van der Waals surface area contributed by atoms with Crippen molar-refractivity contribution in [2.24, 2.45) is 0 Å². The third-order valence-electron chi connectivity index (χ3n) is 2.31. The minimum Gasteiger partial charge on any atom is -0.295 e. The van der Waals surface area contributed by atoms with Crippen molar-refractivity contribution in [1.29, 1.82) is 0 Å². The molecule has 0 aliphatic rings. The molecule has 0 saturated heterocycles. The smallest absolute Gasteiger partial charge is 0.159 e. The normalized spacial score (nSPS) is 11.2. The van der Waals surface area contributed by atoms with E-state index in [9.17, 15) is 4.79 Å². The van der Waals surface area contributed by atoms with Gasteiger partial charge >= 0.3 is 0 Å². The van der Waals surface area contributed by atoms with Crippen molar-refractivity contribution in [2.75, 3.05) is 0 Å². The van der Waals surface area contributed by atoms with Crippen molar-refractivity contribution >= 4 is 28.4 Å². The Labute approximate surface area is 122 Å². The second kappa shape index (κ2) is 7.88. The van der Waals surface area contributed by atoms with Gasteiger partial charge in [0.2, 0.25) is 0 Å². The van der Waals surface area contributed by atoms with Gasteiger partial charge in [-0.2, -0.15) is 0 Å². The molecule has 0 aliphatic carbocycles. The zero-order valence-corrected chi connectivity index (χ0v) is 12.7. The molecule has 1 aromatic carbocycles. The van der Waals surface area contributed by atoms with Gasteiger partial charge in [-0.3, -0.25) is 4.79 Å². The highest BCUT2D eigenvalue weighted by Crippen LogP contribution is 2.05. The fraction of sp³-hybridized carbons (Fsp3) is 0.188. The van der Waals surface area contributed by atoms with Crippen LogP contribution in [0.2, 0.25) is 0 Å². The third kappa shape index (κ3) is 4.89. The first-order chi connectivity index (χ1) is 8.67. The zero-order chi connectivity index (χ0) is 13.4. The first kappa shape index (κ1) is 14.7. The van der Waals surface area contributed by atoms with Gasteiger partial charge in [0.05, 0.1) is 0 Å². The number of benzene rings is 1. The third-order valence-corrected chi connectivity index (χ3v) is 2.67. The maximum atomic E-state index is 11.1. The van der Waals surface area contributed by atoms with Crippen LogP contribution in [0.4, 0.5) is 0 Å². The monoisotopic (exact) mass is 350 g/mol. The van der Waals surface area contributed by atoms with Gasteiger partial charge in [0.15, 0.2) is 5.78 Å². The fourth-order valence-electron chi connectivity index (χ4n) is 1.38. The van der Waals surface area contributed by atoms with Crippen LogP contribution in [-0.2, 0) is 0 Å². The number of Topliss-reactive ketones (excluding diaryl/α,β-unsaturated/α-hetero) is 1. The van der Waals surface area contributed by atoms with E-state index in [1.54, 1.807) is 6.92 Å². The summed E-state index contributed by atoms with van der Waals surface area (Å²) >= 11 is 2.18. The Balaban J connectivity index is 2.91. The van der Waals surface area contributed by atoms with E-state index in [0.717, 1.165) is 23.1 Å². The van der Waals surface area contributed by atoms with Crippen LogP contribution in [-0.4, -0.2) is 5.78 Å². The number of rotatable bonds is 3. The molecule has 0 aliphatic heterocycles. The summed E-state index contributed by atoms with van der Waals surface area (Å²) < 4.78 is 1.95. The topological polar surface area (TPSA) is 17.1 Å². The summed E-state index contributed by atoms with van der Waals surface area (Å²) in [5.41, 5.74) is 2.66. The molecule has 18 heavy (non-hydrogen) atoms. The molecule has 0 amide bonds. The molecule has 0 aromatic heterocycles. The van der Waals surface area contributed by atoms with E-state index in [1.165, 1.54) is 0 Å². The molecule has 1 aromatic rings. The Morgan fingerprint density at radius 3 is 2.50 bits per heavy atom. The predicted molar refractivity (Wildman–Crippen MR) is 84.9 cm³/mol. The van der Waals surface area contributed by atoms with Crippen LogP contribution >= 0.6 is 22.6 Å². The van der Waals surface area contributed by atoms with Crippen molar-refractivity contribution in [2.45, 2.75) is 20.3 Å². The molecule has 1 nitrogen and oxygen atoms in total. The van der Waals surface area contributed by atoms with Gasteiger partial charge in [0.1, 0.15) is 0 Å². The standard InChI is InChI=1S/C16H15IO/c1-3-4-14(11-12-17)5-6-15-7-9-16(10-8-15)13(2)18/h4,7-12H,3H2,1-2H3/b12-11-,14-4-. The number of carbonyl (C=O) groups excluding carboxylic acids is 1. The van der Waals surface area contributed by atoms with E-state index in [2.05, 4.69) is 47.4 Å². The van der Waals surface area contributed by atoms with E-state index in [-0.39, 0.29) is 5.78 Å². The SMILES string of the molecule is CC/C=C(C#Cc1ccc(C(C)=O)cc1)\C=C/I. The van der Waals surface area contributed by atoms with E-state index in [1.807, 2.05) is 34.4 Å². The Hall–Kier alpha value is -1.34. The second-order valence-electron chi connectivity index (χ2n) is 3.74. The van der Waals surface area contributed by atoms with Crippen molar-refractivity contribution in [1.82, 2.24) is 0 Å². The first-order valence-corrected chi connectivity index (χ1v) is 7.02. The van der Waals surface area contributed by atoms with Crippen molar-refractivity contribution in [3.8, 4) is 11.8 Å². The van der Waals surface area contributed by atoms with Crippen LogP contribution in [0.25, 0.3) is 0 Å². The summed E-state index contributed by atoms with van der Waals surface area (Å²) in [4.78, 5) is 11.1. The van der Waals surface area contributed by atoms with E-state index in [4.69, 9.17) is 0 Å². The Bertz CT molecular complexity index is 524. The summed E-state index contributed by atoms with van der Waals surface area (Å²) in [6.07, 6.45) is 5.04. The Morgan fingerprint density at radius 1 is 1.33 bits per heavy atom. The molecule has 0 fully saturated rings. The maximum absolute atomic E-state index is 11.1. The minimum atomic E-state index is 0.0777. The molecule has 92 valence electrons. The Kier molecular flexibility index (Phi) is 6.45. The highest BCUT2D eigenvalue weighted by atomic mass is 127. The second-order valence-corrected chi connectivity index (χ2v) is 4.46. The van der Waals surface area contributed by atoms with Crippen molar-refractivity contribution < 1.29 is 4.79 Å². The van der Waals surface area contributed by atoms with Crippen molar-refractivity contribution in [3.63, 3.8) is 0 Å². The molecule has 0 spiro atoms. The first-order valence-electron chi connectivity index (χ1n) is 5.77. The summed E-state index contributed by atoms with van der Waals surface area (Å²) in [6, 6.07) is 7.37. The molecule has 0 bridgehead atoms. The zero-order valence-electron chi connectivity index (χ0n) is 10.5. The van der Waals surface area contributed by atoms with Gasteiger partial charge in [-0.15, -0.1) is 0 Å². The lowest BCUT2D eigenvalue weighted by atomic mass is 10.1. The summed E-state index contributed by atoms with van der Waals surface area (Å²) in [7, 11) is 0. The summed E-state index contributed by atoms with van der Waals surface area (Å²) in [5, 5.41) is 0. The number of hydrogen-bond acceptors (Lipinski definition) is 1. The molecule has 0 N–H and O–H groups in total. The molecule has 0 heterocycles. The van der Waals surface area contributed by atoms with Crippen LogP contribution in [0.1, 0.15) is 36.2 Å². The van der Waals surface area contributed by atoms with E-state index in [0.29, 0.717) is 0 Å². The van der Waals surface area contributed by atoms with Gasteiger partial charge in [0, 0.05) is 16.7 Å². The van der Waals surface area contributed by atoms with Crippen LogP contribution in [0.5, 0.6) is 0 Å². The molecule has 2 heteroatoms. The number of halogens is 1. The Morgan fingerprint density at radius 2 is 2.00 bits per heavy atom. The van der Waals surface area contributed by atoms with Crippen molar-refractivity contribution in [3.05, 3.63) is 57.2 Å². The maximum Gasteiger partial charge on any atom is 0.159 e. The molecule has 1 rings (SSSR count). The lowest BCUT2D eigenvalue weighted by molar-refractivity contribution is 0.101.